The van der Waals surface area contributed by atoms with Crippen molar-refractivity contribution in [2.24, 2.45) is 23.2 Å². The Labute approximate surface area is 150 Å². The number of hydrogen-bond donors (Lipinski definition) is 1. The van der Waals surface area contributed by atoms with Gasteiger partial charge < -0.3 is 4.90 Å². The number of rotatable bonds is 0. The summed E-state index contributed by atoms with van der Waals surface area (Å²) in [5.74, 6) is 2.30. The average Bonchev–Trinajstić information content (AvgIpc) is 2.56. The molecule has 136 valence electrons. The van der Waals surface area contributed by atoms with Crippen LogP contribution in [0.25, 0.3) is 0 Å². The van der Waals surface area contributed by atoms with E-state index in [1.54, 1.807) is 0 Å². The van der Waals surface area contributed by atoms with Crippen molar-refractivity contribution in [1.29, 1.82) is 0 Å². The Balaban J connectivity index is 2.41. The van der Waals surface area contributed by atoms with Crippen LogP contribution >= 0.6 is 12.8 Å². The number of nitrogens with zero attached hydrogens (tertiary/aromatic N) is 2. The lowest BCUT2D eigenvalue weighted by Crippen LogP contribution is -2.50. The highest BCUT2D eigenvalue weighted by Crippen LogP contribution is 2.55. The van der Waals surface area contributed by atoms with Crippen LogP contribution in [0, 0.1) is 23.2 Å². The van der Waals surface area contributed by atoms with Crippen LogP contribution in [0.2, 0.25) is 0 Å². The van der Waals surface area contributed by atoms with Gasteiger partial charge in [0.15, 0.2) is 0 Å². The van der Waals surface area contributed by atoms with Gasteiger partial charge in [0.05, 0.1) is 0 Å². The summed E-state index contributed by atoms with van der Waals surface area (Å²) in [5, 5.41) is 0. The van der Waals surface area contributed by atoms with E-state index in [0.717, 1.165) is 17.8 Å². The van der Waals surface area contributed by atoms with E-state index in [1.807, 2.05) is 0 Å². The molecule has 0 radical (unpaired) electrons. The Hall–Kier alpha value is 0.270. The van der Waals surface area contributed by atoms with Crippen molar-refractivity contribution >= 4 is 12.8 Å². The second kappa shape index (κ2) is 7.25. The van der Waals surface area contributed by atoms with Gasteiger partial charge in [-0.15, -0.1) is 0 Å². The van der Waals surface area contributed by atoms with Crippen LogP contribution in [0.15, 0.2) is 0 Å². The number of thiol groups is 1. The Kier molecular flexibility index (Phi) is 6.18. The maximum atomic E-state index is 4.82. The van der Waals surface area contributed by atoms with Crippen molar-refractivity contribution in [3.05, 3.63) is 0 Å². The molecule has 0 N–H and O–H groups in total. The summed E-state index contributed by atoms with van der Waals surface area (Å²) in [6.07, 6.45) is 5.23. The summed E-state index contributed by atoms with van der Waals surface area (Å²) in [6.45, 7) is 17.2. The molecule has 2 saturated heterocycles. The molecule has 0 bridgehead atoms. The first-order valence-corrected chi connectivity index (χ1v) is 10.2. The minimum atomic E-state index is 0.468. The zero-order valence-corrected chi connectivity index (χ0v) is 17.6. The molecule has 7 unspecified atom stereocenters. The summed E-state index contributed by atoms with van der Waals surface area (Å²) in [6, 6.07) is 2.50. The van der Waals surface area contributed by atoms with Crippen molar-refractivity contribution in [1.82, 2.24) is 9.21 Å². The maximum Gasteiger partial charge on any atom is 0.0177 e. The largest absolute Gasteiger partial charge is 0.301 e. The van der Waals surface area contributed by atoms with Gasteiger partial charge in [0.1, 0.15) is 0 Å². The van der Waals surface area contributed by atoms with Crippen molar-refractivity contribution < 1.29 is 0 Å². The fourth-order valence-electron chi connectivity index (χ4n) is 6.16. The van der Waals surface area contributed by atoms with E-state index in [0.29, 0.717) is 29.6 Å². The predicted octanol–water partition coefficient (Wildman–Crippen LogP) is 5.10. The van der Waals surface area contributed by atoms with Gasteiger partial charge in [-0.1, -0.05) is 33.6 Å². The smallest absolute Gasteiger partial charge is 0.0177 e. The quantitative estimate of drug-likeness (QED) is 0.613. The third kappa shape index (κ3) is 3.48. The summed E-state index contributed by atoms with van der Waals surface area (Å²) >= 11 is 4.82. The van der Waals surface area contributed by atoms with E-state index in [9.17, 15) is 0 Å². The molecule has 23 heavy (non-hydrogen) atoms. The highest BCUT2D eigenvalue weighted by Gasteiger charge is 2.50. The lowest BCUT2D eigenvalue weighted by molar-refractivity contribution is -0.0280. The Morgan fingerprint density at radius 3 is 1.52 bits per heavy atom. The second-order valence-electron chi connectivity index (χ2n) is 9.17. The average molecular weight is 341 g/mol. The molecule has 0 amide bonds. The van der Waals surface area contributed by atoms with E-state index >= 15 is 0 Å². The monoisotopic (exact) mass is 340 g/mol. The third-order valence-electron chi connectivity index (χ3n) is 7.78. The molecule has 0 saturated carbocycles. The van der Waals surface area contributed by atoms with E-state index in [2.05, 4.69) is 64.7 Å². The Morgan fingerprint density at radius 1 is 0.696 bits per heavy atom. The maximum absolute atomic E-state index is 4.82. The molecule has 2 heterocycles. The number of likely N-dealkylation sites (tertiary alicyclic amines) is 1. The minimum Gasteiger partial charge on any atom is -0.301 e. The summed E-state index contributed by atoms with van der Waals surface area (Å²) in [7, 11) is 2.33. The van der Waals surface area contributed by atoms with E-state index in [-0.39, 0.29) is 0 Å². The molecule has 2 fully saturated rings. The van der Waals surface area contributed by atoms with Gasteiger partial charge in [0.25, 0.3) is 0 Å². The van der Waals surface area contributed by atoms with Gasteiger partial charge in [-0.05, 0) is 83.6 Å². The Bertz CT molecular complexity index is 381. The van der Waals surface area contributed by atoms with Gasteiger partial charge in [-0.25, -0.2) is 4.31 Å². The lowest BCUT2D eigenvalue weighted by Gasteiger charge is -2.53. The van der Waals surface area contributed by atoms with Gasteiger partial charge in [0, 0.05) is 24.2 Å². The molecule has 2 aliphatic rings. The summed E-state index contributed by atoms with van der Waals surface area (Å²) in [5.41, 5.74) is 0.468. The van der Waals surface area contributed by atoms with E-state index < -0.39 is 0 Å². The molecular weight excluding hydrogens is 300 g/mol. The van der Waals surface area contributed by atoms with Crippen molar-refractivity contribution in [3.63, 3.8) is 0 Å². The molecule has 2 rings (SSSR count). The van der Waals surface area contributed by atoms with Gasteiger partial charge in [0.2, 0.25) is 0 Å². The van der Waals surface area contributed by atoms with Crippen LogP contribution in [0.5, 0.6) is 0 Å². The van der Waals surface area contributed by atoms with Crippen LogP contribution in [0.1, 0.15) is 74.1 Å². The fourth-order valence-corrected chi connectivity index (χ4v) is 6.35. The molecule has 1 spiro atoms. The van der Waals surface area contributed by atoms with Crippen LogP contribution in [0.4, 0.5) is 0 Å². The number of hydrogen-bond acceptors (Lipinski definition) is 3. The first-order chi connectivity index (χ1) is 10.6. The van der Waals surface area contributed by atoms with Crippen LogP contribution in [-0.4, -0.2) is 40.4 Å². The molecular formula is C20H40N2S. The first-order valence-electron chi connectivity index (χ1n) is 9.80. The highest BCUT2D eigenvalue weighted by atomic mass is 32.1. The standard InChI is InChI=1S/C20H40N2S/c1-13-9-16(4)21(8)19(7)12-20(13)14(2)10-17(5)22(23)18(6)11-15(20)3/h13-19,23H,9-12H2,1-8H3. The van der Waals surface area contributed by atoms with Crippen molar-refractivity contribution in [2.45, 2.75) is 98.3 Å². The van der Waals surface area contributed by atoms with Crippen molar-refractivity contribution in [2.75, 3.05) is 7.05 Å². The second-order valence-corrected chi connectivity index (χ2v) is 9.63. The van der Waals surface area contributed by atoms with Gasteiger partial charge >= 0.3 is 0 Å². The molecule has 0 aromatic rings. The summed E-state index contributed by atoms with van der Waals surface area (Å²) in [4.78, 5) is 2.63. The normalized spacial score (nSPS) is 51.3. The zero-order valence-electron chi connectivity index (χ0n) is 16.7. The first kappa shape index (κ1) is 19.6. The topological polar surface area (TPSA) is 6.48 Å². The van der Waals surface area contributed by atoms with Gasteiger partial charge in [-0.2, -0.15) is 0 Å². The molecule has 7 atom stereocenters. The van der Waals surface area contributed by atoms with Crippen LogP contribution in [0.3, 0.4) is 0 Å². The molecule has 0 aromatic heterocycles. The Morgan fingerprint density at radius 2 is 1.09 bits per heavy atom. The van der Waals surface area contributed by atoms with Crippen LogP contribution < -0.4 is 0 Å². The fraction of sp³-hybridized carbons (Fsp3) is 1.00. The van der Waals surface area contributed by atoms with Crippen LogP contribution in [-0.2, 0) is 0 Å². The highest BCUT2D eigenvalue weighted by molar-refractivity contribution is 7.77. The molecule has 3 heteroatoms. The third-order valence-corrected chi connectivity index (χ3v) is 8.57. The zero-order chi connectivity index (χ0) is 17.5. The molecule has 0 aromatic carbocycles. The minimum absolute atomic E-state index is 0.468. The SMILES string of the molecule is CC1CC(C)C2(CC(C)N1C)C(C)CC(C)N(S)C(C)CC2C. The lowest BCUT2D eigenvalue weighted by atomic mass is 9.55. The van der Waals surface area contributed by atoms with E-state index in [4.69, 9.17) is 12.8 Å². The molecule has 2 aliphatic heterocycles. The summed E-state index contributed by atoms with van der Waals surface area (Å²) < 4.78 is 2.32. The molecule has 0 aliphatic carbocycles. The molecule has 2 nitrogen and oxygen atoms in total. The van der Waals surface area contributed by atoms with E-state index in [1.165, 1.54) is 25.7 Å². The van der Waals surface area contributed by atoms with Crippen molar-refractivity contribution in [3.8, 4) is 0 Å². The van der Waals surface area contributed by atoms with Gasteiger partial charge in [-0.3, -0.25) is 0 Å². The predicted molar refractivity (Wildman–Crippen MR) is 105 cm³/mol.